The monoisotopic (exact) mass is 317 g/mol. The molecule has 1 saturated heterocycles. The molecule has 1 aromatic carbocycles. The lowest BCUT2D eigenvalue weighted by Crippen LogP contribution is -2.36. The summed E-state index contributed by atoms with van der Waals surface area (Å²) in [7, 11) is 0. The van der Waals surface area contributed by atoms with Crippen molar-refractivity contribution in [2.75, 3.05) is 18.4 Å². The number of carbonyl (C=O) groups is 2. The Morgan fingerprint density at radius 2 is 2.18 bits per heavy atom. The van der Waals surface area contributed by atoms with Crippen LogP contribution in [0.15, 0.2) is 29.3 Å². The van der Waals surface area contributed by atoms with Crippen molar-refractivity contribution in [1.82, 2.24) is 4.90 Å². The first-order valence-corrected chi connectivity index (χ1v) is 8.46. The van der Waals surface area contributed by atoms with Gasteiger partial charge in [-0.3, -0.25) is 19.5 Å². The van der Waals surface area contributed by atoms with Crippen LogP contribution in [-0.4, -0.2) is 40.2 Å². The number of fused-ring (bicyclic) bond motifs is 1. The Hall–Kier alpha value is -1.82. The Balaban J connectivity index is 1.58. The largest absolute Gasteiger partial charge is 0.326 e. The number of amidine groups is 1. The van der Waals surface area contributed by atoms with Crippen LogP contribution in [0.3, 0.4) is 0 Å². The third kappa shape index (κ3) is 3.16. The van der Waals surface area contributed by atoms with E-state index in [2.05, 4.69) is 17.2 Å². The summed E-state index contributed by atoms with van der Waals surface area (Å²) >= 11 is 1.41. The van der Waals surface area contributed by atoms with Crippen LogP contribution in [0.1, 0.15) is 25.3 Å². The van der Waals surface area contributed by atoms with Gasteiger partial charge in [-0.25, -0.2) is 0 Å². The molecule has 0 radical (unpaired) electrons. The maximum atomic E-state index is 12.3. The number of carbonyl (C=O) groups excluding carboxylic acids is 2. The molecule has 22 heavy (non-hydrogen) atoms. The van der Waals surface area contributed by atoms with Gasteiger partial charge in [-0.2, -0.15) is 0 Å². The number of nitrogens with one attached hydrogen (secondary N) is 1. The smallest absolute Gasteiger partial charge is 0.242 e. The predicted octanol–water partition coefficient (Wildman–Crippen LogP) is 2.28. The van der Waals surface area contributed by atoms with Gasteiger partial charge < -0.3 is 5.32 Å². The number of nitrogens with zero attached hydrogens (tertiary/aromatic N) is 2. The number of amides is 2. The van der Waals surface area contributed by atoms with Crippen LogP contribution >= 0.6 is 11.8 Å². The van der Waals surface area contributed by atoms with Crippen molar-refractivity contribution in [2.45, 2.75) is 31.4 Å². The molecule has 0 bridgehead atoms. The van der Waals surface area contributed by atoms with Crippen molar-refractivity contribution in [3.63, 3.8) is 0 Å². The predicted molar refractivity (Wildman–Crippen MR) is 89.1 cm³/mol. The summed E-state index contributed by atoms with van der Waals surface area (Å²) in [5, 5.41) is 3.30. The van der Waals surface area contributed by atoms with Crippen molar-refractivity contribution >= 4 is 34.4 Å². The van der Waals surface area contributed by atoms with Crippen LogP contribution in [0.4, 0.5) is 5.69 Å². The van der Waals surface area contributed by atoms with Gasteiger partial charge in [0.05, 0.1) is 0 Å². The lowest BCUT2D eigenvalue weighted by molar-refractivity contribution is -0.128. The minimum atomic E-state index is -0.341. The van der Waals surface area contributed by atoms with Gasteiger partial charge in [-0.15, -0.1) is 0 Å². The summed E-state index contributed by atoms with van der Waals surface area (Å²) in [6, 6.07) is 7.79. The molecule has 0 spiro atoms. The second-order valence-electron chi connectivity index (χ2n) is 5.42. The Kier molecular flexibility index (Phi) is 4.47. The molecule has 2 aliphatic rings. The quantitative estimate of drug-likeness (QED) is 0.927. The van der Waals surface area contributed by atoms with Crippen LogP contribution in [-0.2, 0) is 16.0 Å². The molecular formula is C16H19N3O2S. The van der Waals surface area contributed by atoms with Gasteiger partial charge in [0.2, 0.25) is 11.8 Å². The third-order valence-corrected chi connectivity index (χ3v) is 5.04. The van der Waals surface area contributed by atoms with Gasteiger partial charge >= 0.3 is 0 Å². The first-order valence-electron chi connectivity index (χ1n) is 7.58. The number of aryl methyl sites for hydroxylation is 1. The van der Waals surface area contributed by atoms with Gasteiger partial charge in [0.1, 0.15) is 5.25 Å². The van der Waals surface area contributed by atoms with E-state index >= 15 is 0 Å². The van der Waals surface area contributed by atoms with E-state index in [4.69, 9.17) is 0 Å². The zero-order valence-corrected chi connectivity index (χ0v) is 13.4. The molecular weight excluding hydrogens is 298 g/mol. The molecule has 0 aliphatic carbocycles. The minimum absolute atomic E-state index is 0.0138. The Morgan fingerprint density at radius 1 is 1.41 bits per heavy atom. The second kappa shape index (κ2) is 6.52. The molecule has 1 N–H and O–H groups in total. The Morgan fingerprint density at radius 3 is 2.86 bits per heavy atom. The van der Waals surface area contributed by atoms with Gasteiger partial charge in [0.25, 0.3) is 0 Å². The molecule has 0 aromatic heterocycles. The van der Waals surface area contributed by atoms with Gasteiger partial charge in [0, 0.05) is 25.2 Å². The zero-order chi connectivity index (χ0) is 15.5. The van der Waals surface area contributed by atoms with Crippen molar-refractivity contribution in [3.8, 4) is 0 Å². The standard InChI is InChI=1S/C16H19N3O2S/c1-2-11-4-6-12(7-5-11)18-14(20)10-13-15(21)19-9-3-8-17-16(19)22-13/h4-7,13H,2-3,8-10H2,1H3,(H,18,20). The topological polar surface area (TPSA) is 61.8 Å². The van der Waals surface area contributed by atoms with Gasteiger partial charge in [-0.1, -0.05) is 30.8 Å². The molecule has 1 fully saturated rings. The van der Waals surface area contributed by atoms with E-state index in [1.54, 1.807) is 4.90 Å². The van der Waals surface area contributed by atoms with Crippen molar-refractivity contribution in [2.24, 2.45) is 4.99 Å². The van der Waals surface area contributed by atoms with Crippen LogP contribution in [0, 0.1) is 0 Å². The fraction of sp³-hybridized carbons (Fsp3) is 0.438. The van der Waals surface area contributed by atoms with Crippen LogP contribution < -0.4 is 5.32 Å². The summed E-state index contributed by atoms with van der Waals surface area (Å²) in [6.07, 6.45) is 2.06. The Bertz CT molecular complexity index is 612. The van der Waals surface area contributed by atoms with E-state index in [9.17, 15) is 9.59 Å². The lowest BCUT2D eigenvalue weighted by atomic mass is 10.1. The molecule has 1 atom stereocenters. The molecule has 2 aliphatic heterocycles. The van der Waals surface area contributed by atoms with Gasteiger partial charge in [-0.05, 0) is 30.5 Å². The second-order valence-corrected chi connectivity index (χ2v) is 6.59. The van der Waals surface area contributed by atoms with Crippen molar-refractivity contribution < 1.29 is 9.59 Å². The average molecular weight is 317 g/mol. The SMILES string of the molecule is CCc1ccc(NC(=O)CC2SC3=NCCCN3C2=O)cc1. The fourth-order valence-corrected chi connectivity index (χ4v) is 3.77. The van der Waals surface area contributed by atoms with Crippen LogP contribution in [0.2, 0.25) is 0 Å². The summed E-state index contributed by atoms with van der Waals surface area (Å²) in [5.74, 6) is -0.115. The summed E-state index contributed by atoms with van der Waals surface area (Å²) in [4.78, 5) is 30.5. The molecule has 1 aromatic rings. The van der Waals surface area contributed by atoms with E-state index in [0.29, 0.717) is 0 Å². The van der Waals surface area contributed by atoms with Gasteiger partial charge in [0.15, 0.2) is 5.17 Å². The molecule has 6 heteroatoms. The highest BCUT2D eigenvalue weighted by Crippen LogP contribution is 2.31. The van der Waals surface area contributed by atoms with Crippen LogP contribution in [0.25, 0.3) is 0 Å². The molecule has 3 rings (SSSR count). The molecule has 0 saturated carbocycles. The number of rotatable bonds is 4. The van der Waals surface area contributed by atoms with Crippen molar-refractivity contribution in [1.29, 1.82) is 0 Å². The highest BCUT2D eigenvalue weighted by molar-refractivity contribution is 8.15. The number of aliphatic imine (C=N–C) groups is 1. The maximum Gasteiger partial charge on any atom is 0.242 e. The number of thioether (sulfide) groups is 1. The highest BCUT2D eigenvalue weighted by atomic mass is 32.2. The number of anilines is 1. The van der Waals surface area contributed by atoms with E-state index < -0.39 is 0 Å². The number of hydrogen-bond acceptors (Lipinski definition) is 4. The molecule has 116 valence electrons. The minimum Gasteiger partial charge on any atom is -0.326 e. The van der Waals surface area contributed by atoms with E-state index in [0.717, 1.165) is 36.8 Å². The normalized spacial score (nSPS) is 20.6. The van der Waals surface area contributed by atoms with Crippen LogP contribution in [0.5, 0.6) is 0 Å². The third-order valence-electron chi connectivity index (χ3n) is 3.82. The van der Waals surface area contributed by atoms with E-state index in [-0.39, 0.29) is 23.5 Å². The average Bonchev–Trinajstić information content (AvgIpc) is 2.84. The first-order chi connectivity index (χ1) is 10.7. The maximum absolute atomic E-state index is 12.3. The Labute approximate surface area is 134 Å². The first kappa shape index (κ1) is 15.1. The molecule has 5 nitrogen and oxygen atoms in total. The van der Waals surface area contributed by atoms with E-state index in [1.807, 2.05) is 24.3 Å². The van der Waals surface area contributed by atoms with Crippen molar-refractivity contribution in [3.05, 3.63) is 29.8 Å². The highest BCUT2D eigenvalue weighted by Gasteiger charge is 2.39. The van der Waals surface area contributed by atoms with E-state index in [1.165, 1.54) is 17.3 Å². The summed E-state index contributed by atoms with van der Waals surface area (Å²) in [6.45, 7) is 3.59. The molecule has 2 heterocycles. The lowest BCUT2D eigenvalue weighted by Gasteiger charge is -2.19. The zero-order valence-electron chi connectivity index (χ0n) is 12.5. The summed E-state index contributed by atoms with van der Waals surface area (Å²) in [5.41, 5.74) is 2.00. The fourth-order valence-electron chi connectivity index (χ4n) is 2.57. The molecule has 1 unspecified atom stereocenters. The molecule has 2 amide bonds. The number of hydrogen-bond donors (Lipinski definition) is 1. The number of benzene rings is 1. The summed E-state index contributed by atoms with van der Waals surface area (Å²) < 4.78 is 0.